The number of nitrogens with one attached hydrogen (secondary N) is 1. The molecule has 6 nitrogen and oxygen atoms in total. The van der Waals surface area contributed by atoms with Crippen molar-refractivity contribution >= 4 is 15.9 Å². The SMILES string of the molecule is CCS(=O)(=O)N1CCC2(CC1)CNC(=O)c1ccccc1O2. The monoisotopic (exact) mass is 324 g/mol. The number of sulfonamides is 1. The van der Waals surface area contributed by atoms with Gasteiger partial charge in [0.2, 0.25) is 10.0 Å². The number of amides is 1. The summed E-state index contributed by atoms with van der Waals surface area (Å²) in [5.74, 6) is 0.542. The minimum atomic E-state index is -3.17. The Kier molecular flexibility index (Phi) is 3.86. The van der Waals surface area contributed by atoms with E-state index in [4.69, 9.17) is 4.74 Å². The minimum Gasteiger partial charge on any atom is -0.485 e. The van der Waals surface area contributed by atoms with Crippen LogP contribution >= 0.6 is 0 Å². The fourth-order valence-corrected chi connectivity index (χ4v) is 4.09. The van der Waals surface area contributed by atoms with Gasteiger partial charge in [0.25, 0.3) is 5.91 Å². The van der Waals surface area contributed by atoms with Crippen molar-refractivity contribution in [1.29, 1.82) is 0 Å². The third kappa shape index (κ3) is 2.70. The molecule has 1 N–H and O–H groups in total. The zero-order valence-corrected chi connectivity index (χ0v) is 13.4. The molecule has 0 atom stereocenters. The van der Waals surface area contributed by atoms with Gasteiger partial charge in [0.15, 0.2) is 0 Å². The number of hydrogen-bond donors (Lipinski definition) is 1. The van der Waals surface area contributed by atoms with Crippen LogP contribution < -0.4 is 10.1 Å². The molecule has 7 heteroatoms. The molecule has 0 saturated carbocycles. The molecule has 1 saturated heterocycles. The highest BCUT2D eigenvalue weighted by molar-refractivity contribution is 7.89. The molecule has 22 heavy (non-hydrogen) atoms. The Hall–Kier alpha value is -1.60. The van der Waals surface area contributed by atoms with E-state index in [1.807, 2.05) is 6.07 Å². The fraction of sp³-hybridized carbons (Fsp3) is 0.533. The van der Waals surface area contributed by atoms with Crippen LogP contribution in [0.5, 0.6) is 5.75 Å². The van der Waals surface area contributed by atoms with Crippen LogP contribution in [0.2, 0.25) is 0 Å². The number of rotatable bonds is 2. The van der Waals surface area contributed by atoms with Gasteiger partial charge in [-0.3, -0.25) is 4.79 Å². The van der Waals surface area contributed by atoms with Crippen molar-refractivity contribution in [3.05, 3.63) is 29.8 Å². The second kappa shape index (κ2) is 5.55. The van der Waals surface area contributed by atoms with Crippen molar-refractivity contribution in [3.63, 3.8) is 0 Å². The highest BCUT2D eigenvalue weighted by atomic mass is 32.2. The molecule has 1 aromatic rings. The number of piperidine rings is 1. The van der Waals surface area contributed by atoms with Crippen LogP contribution in [-0.2, 0) is 10.0 Å². The summed E-state index contributed by atoms with van der Waals surface area (Å²) in [6, 6.07) is 7.16. The predicted molar refractivity (Wildman–Crippen MR) is 82.4 cm³/mol. The van der Waals surface area contributed by atoms with Gasteiger partial charge >= 0.3 is 0 Å². The first-order chi connectivity index (χ1) is 10.5. The number of carbonyl (C=O) groups is 1. The van der Waals surface area contributed by atoms with E-state index >= 15 is 0 Å². The summed E-state index contributed by atoms with van der Waals surface area (Å²) in [6.07, 6.45) is 1.14. The van der Waals surface area contributed by atoms with Crippen molar-refractivity contribution in [2.24, 2.45) is 0 Å². The van der Waals surface area contributed by atoms with E-state index in [1.54, 1.807) is 25.1 Å². The molecule has 1 aromatic carbocycles. The van der Waals surface area contributed by atoms with Crippen molar-refractivity contribution in [1.82, 2.24) is 9.62 Å². The Balaban J connectivity index is 1.81. The first kappa shape index (κ1) is 15.3. The highest BCUT2D eigenvalue weighted by Crippen LogP contribution is 2.33. The van der Waals surface area contributed by atoms with Gasteiger partial charge in [-0.25, -0.2) is 12.7 Å². The molecule has 0 aromatic heterocycles. The number of fused-ring (bicyclic) bond motifs is 1. The quantitative estimate of drug-likeness (QED) is 0.880. The Morgan fingerprint density at radius 3 is 2.64 bits per heavy atom. The van der Waals surface area contributed by atoms with Crippen molar-refractivity contribution in [2.45, 2.75) is 25.4 Å². The van der Waals surface area contributed by atoms with E-state index in [0.717, 1.165) is 0 Å². The van der Waals surface area contributed by atoms with Gasteiger partial charge in [0.1, 0.15) is 11.4 Å². The lowest BCUT2D eigenvalue weighted by Crippen LogP contribution is -2.54. The summed E-state index contributed by atoms with van der Waals surface area (Å²) in [5, 5.41) is 2.90. The number of para-hydroxylation sites is 1. The lowest BCUT2D eigenvalue weighted by Gasteiger charge is -2.40. The van der Waals surface area contributed by atoms with E-state index in [1.165, 1.54) is 4.31 Å². The molecular weight excluding hydrogens is 304 g/mol. The largest absolute Gasteiger partial charge is 0.485 e. The lowest BCUT2D eigenvalue weighted by molar-refractivity contribution is 0.0247. The number of ether oxygens (including phenoxy) is 1. The molecular formula is C15H20N2O4S. The second-order valence-electron chi connectivity index (χ2n) is 5.76. The molecule has 0 unspecified atom stereocenters. The fourth-order valence-electron chi connectivity index (χ4n) is 2.98. The van der Waals surface area contributed by atoms with E-state index in [0.29, 0.717) is 43.8 Å². The zero-order chi connectivity index (χ0) is 15.8. The van der Waals surface area contributed by atoms with Crippen LogP contribution in [0, 0.1) is 0 Å². The van der Waals surface area contributed by atoms with E-state index in [2.05, 4.69) is 5.32 Å². The lowest BCUT2D eigenvalue weighted by atomic mass is 9.92. The molecule has 0 bridgehead atoms. The average Bonchev–Trinajstić information content (AvgIpc) is 2.66. The van der Waals surface area contributed by atoms with Crippen molar-refractivity contribution in [2.75, 3.05) is 25.4 Å². The van der Waals surface area contributed by atoms with Crippen molar-refractivity contribution < 1.29 is 17.9 Å². The predicted octanol–water partition coefficient (Wildman–Crippen LogP) is 0.993. The van der Waals surface area contributed by atoms with Crippen LogP contribution in [-0.4, -0.2) is 49.6 Å². The molecule has 1 spiro atoms. The Morgan fingerprint density at radius 2 is 1.95 bits per heavy atom. The van der Waals surface area contributed by atoms with Crippen LogP contribution in [0.4, 0.5) is 0 Å². The highest BCUT2D eigenvalue weighted by Gasteiger charge is 2.41. The molecule has 0 radical (unpaired) electrons. The maximum absolute atomic E-state index is 12.1. The number of benzene rings is 1. The van der Waals surface area contributed by atoms with E-state index in [9.17, 15) is 13.2 Å². The minimum absolute atomic E-state index is 0.112. The number of carbonyl (C=O) groups excluding carboxylic acids is 1. The third-order valence-corrected chi connectivity index (χ3v) is 6.30. The Morgan fingerprint density at radius 1 is 1.27 bits per heavy atom. The van der Waals surface area contributed by atoms with Crippen LogP contribution in [0.1, 0.15) is 30.1 Å². The number of nitrogens with zero attached hydrogens (tertiary/aromatic N) is 1. The zero-order valence-electron chi connectivity index (χ0n) is 12.5. The Labute approximate surface area is 130 Å². The smallest absolute Gasteiger partial charge is 0.255 e. The van der Waals surface area contributed by atoms with Crippen LogP contribution in [0.25, 0.3) is 0 Å². The van der Waals surface area contributed by atoms with Gasteiger partial charge < -0.3 is 10.1 Å². The number of hydrogen-bond acceptors (Lipinski definition) is 4. The van der Waals surface area contributed by atoms with Crippen LogP contribution in [0.15, 0.2) is 24.3 Å². The molecule has 3 rings (SSSR count). The maximum atomic E-state index is 12.1. The molecule has 1 amide bonds. The van der Waals surface area contributed by atoms with Gasteiger partial charge in [-0.1, -0.05) is 12.1 Å². The summed E-state index contributed by atoms with van der Waals surface area (Å²) >= 11 is 0. The molecule has 2 aliphatic heterocycles. The van der Waals surface area contributed by atoms with Crippen molar-refractivity contribution in [3.8, 4) is 5.75 Å². The standard InChI is InChI=1S/C15H20N2O4S/c1-2-22(19,20)17-9-7-15(8-10-17)11-16-14(18)12-5-3-4-6-13(12)21-15/h3-6H,2,7-11H2,1H3,(H,16,18). The van der Waals surface area contributed by atoms with Gasteiger partial charge in [0, 0.05) is 25.9 Å². The summed E-state index contributed by atoms with van der Waals surface area (Å²) in [4.78, 5) is 12.1. The molecule has 120 valence electrons. The summed E-state index contributed by atoms with van der Waals surface area (Å²) < 4.78 is 31.6. The molecule has 0 aliphatic carbocycles. The van der Waals surface area contributed by atoms with Gasteiger partial charge in [-0.15, -0.1) is 0 Å². The molecule has 1 fully saturated rings. The van der Waals surface area contributed by atoms with Gasteiger partial charge in [-0.2, -0.15) is 0 Å². The summed E-state index contributed by atoms with van der Waals surface area (Å²) in [7, 11) is -3.17. The van der Waals surface area contributed by atoms with Gasteiger partial charge in [-0.05, 0) is 19.1 Å². The summed E-state index contributed by atoms with van der Waals surface area (Å²) in [6.45, 7) is 2.90. The third-order valence-electron chi connectivity index (χ3n) is 4.42. The van der Waals surface area contributed by atoms with E-state index in [-0.39, 0.29) is 11.7 Å². The second-order valence-corrected chi connectivity index (χ2v) is 8.02. The molecule has 2 aliphatic rings. The first-order valence-electron chi connectivity index (χ1n) is 7.50. The molecule has 2 heterocycles. The maximum Gasteiger partial charge on any atom is 0.255 e. The topological polar surface area (TPSA) is 75.7 Å². The van der Waals surface area contributed by atoms with Gasteiger partial charge in [0.05, 0.1) is 17.9 Å². The summed E-state index contributed by atoms with van der Waals surface area (Å²) in [5.41, 5.74) is 0.00477. The van der Waals surface area contributed by atoms with Crippen LogP contribution in [0.3, 0.4) is 0 Å². The first-order valence-corrected chi connectivity index (χ1v) is 9.11. The normalized spacial score (nSPS) is 21.6. The Bertz CT molecular complexity index is 679. The van der Waals surface area contributed by atoms with E-state index < -0.39 is 15.6 Å². The average molecular weight is 324 g/mol.